The standard InChI is InChI=1S/C3H8OS49/c1-2-3-4-53(6,7)52-51-50-49-48-47-46-45-44-43-42-41-40-39-38-37-36-35-34-33-32-31-30-29-28-27-26-25-24-23-22-21-20-19-18-17-16-15-14-13-12-11-10-9-8-5/h5H,2-3H2,1H3. The van der Waals surface area contributed by atoms with Crippen LogP contribution in [0.5, 0.6) is 0 Å². The minimum absolute atomic E-state index is 0.650. The molecule has 0 unspecified atom stereocenters. The smallest absolute Gasteiger partial charge is 0.0820 e. The molecule has 0 saturated heterocycles. The quantitative estimate of drug-likeness (QED) is 0.0352. The fourth-order valence-corrected chi connectivity index (χ4v) is 127. The van der Waals surface area contributed by atoms with Gasteiger partial charge in [-0.15, -0.1) is 0 Å². The molecular formula is C3H8OS49. The molecule has 0 aliphatic rings. The molecule has 0 aliphatic heterocycles. The van der Waals surface area contributed by atoms with Crippen molar-refractivity contribution in [2.24, 2.45) is 0 Å². The Balaban J connectivity index is 3.10. The molecule has 0 radical (unpaired) electrons. The summed E-state index contributed by atoms with van der Waals surface area (Å²) >= 11 is 14.7. The van der Waals surface area contributed by atoms with Gasteiger partial charge in [-0.2, -0.15) is 0 Å². The summed E-state index contributed by atoms with van der Waals surface area (Å²) < 4.78 is 5.55. The number of hydrogen-bond donors (Lipinski definition) is 1. The van der Waals surface area contributed by atoms with E-state index in [1.54, 1.807) is 138 Å². The Kier molecular flexibility index (Phi) is 83.2. The molecule has 0 aliphatic carbocycles. The van der Waals surface area contributed by atoms with Crippen LogP contribution in [0.1, 0.15) is 13.3 Å². The normalized spacial score (nSPS) is 12.0. The molecular weight excluding hydrogens is 1620 g/mol. The van der Waals surface area contributed by atoms with Gasteiger partial charge in [-0.3, -0.25) is 0 Å². The molecule has 0 rings (SSSR count). The first-order chi connectivity index (χ1) is 26.1. The molecule has 0 heterocycles. The van der Waals surface area contributed by atoms with E-state index < -0.39 is 6.46 Å². The molecule has 0 saturated carbocycles. The molecule has 0 N–H and O–H groups in total. The van der Waals surface area contributed by atoms with E-state index in [1.807, 2.05) is 285 Å². The van der Waals surface area contributed by atoms with Crippen molar-refractivity contribution in [1.29, 1.82) is 0 Å². The van der Waals surface area contributed by atoms with Crippen molar-refractivity contribution in [2.45, 2.75) is 13.3 Å². The van der Waals surface area contributed by atoms with Crippen LogP contribution in [0.4, 0.5) is 0 Å². The Bertz CT molecular complexity index is 751. The van der Waals surface area contributed by atoms with Gasteiger partial charge >= 0.3 is 0 Å². The first-order valence-electron chi connectivity index (χ1n) is 9.68. The summed E-state index contributed by atoms with van der Waals surface area (Å²) in [7, 11) is 80.3. The molecule has 0 spiro atoms. The van der Waals surface area contributed by atoms with Gasteiger partial charge in [0.25, 0.3) is 0 Å². The molecule has 53 heavy (non-hydrogen) atoms. The molecule has 320 valence electrons. The zero-order valence-corrected chi connectivity index (χ0v) is 63.0. The van der Waals surface area contributed by atoms with Crippen LogP contribution in [-0.4, -0.2) is 6.61 Å². The van der Waals surface area contributed by atoms with Crippen molar-refractivity contribution in [1.82, 2.24) is 0 Å². The van der Waals surface area contributed by atoms with Gasteiger partial charge in [0.15, 0.2) is 0 Å². The largest absolute Gasteiger partial charge is 0.301 e. The first-order valence-corrected chi connectivity index (χ1v) is 74.1. The summed E-state index contributed by atoms with van der Waals surface area (Å²) in [5.41, 5.74) is 0. The molecule has 0 atom stereocenters. The molecule has 0 aromatic carbocycles. The second-order valence-corrected chi connectivity index (χ2v) is 91.3. The van der Waals surface area contributed by atoms with E-state index in [-0.39, 0.29) is 0 Å². The summed E-state index contributed by atoms with van der Waals surface area (Å²) in [6.45, 7) is 0.893. The molecule has 0 aromatic heterocycles. The second kappa shape index (κ2) is 63.1. The molecule has 0 amide bonds. The summed E-state index contributed by atoms with van der Waals surface area (Å²) in [5.74, 6) is 0. The highest BCUT2D eigenvalue weighted by Crippen LogP contribution is 2.68. The molecule has 0 bridgehead atoms. The SMILES string of the molecule is CCCOS(=S)(=S)SSSSSSSSSSSSSSSSSSSSSSSSSSSSSSSSSSSSSSSSSSSSSS. The highest BCUT2D eigenvalue weighted by Gasteiger charge is 2.06. The Morgan fingerprint density at radius 2 is 0.491 bits per heavy atom. The van der Waals surface area contributed by atoms with E-state index >= 15 is 0 Å². The highest BCUT2D eigenvalue weighted by molar-refractivity contribution is 9.63. The lowest BCUT2D eigenvalue weighted by atomic mass is 10.5. The van der Waals surface area contributed by atoms with Gasteiger partial charge in [0.1, 0.15) is 0 Å². The van der Waals surface area contributed by atoms with Crippen molar-refractivity contribution >= 4 is 483 Å². The van der Waals surface area contributed by atoms with Crippen LogP contribution in [0.3, 0.4) is 0 Å². The third-order valence-electron chi connectivity index (χ3n) is 1.74. The van der Waals surface area contributed by atoms with E-state index in [0.717, 1.165) is 6.42 Å². The number of hydrogen-bond acceptors (Lipinski definition) is 49. The van der Waals surface area contributed by atoms with E-state index in [0.29, 0.717) is 6.61 Å². The zero-order valence-electron chi connectivity index (χ0n) is 22.9. The van der Waals surface area contributed by atoms with Gasteiger partial charge in [-0.25, -0.2) is 0 Å². The number of thiol groups is 1. The summed E-state index contributed by atoms with van der Waals surface area (Å²) in [4.78, 5) is 0. The average Bonchev–Trinajstić information content (AvgIpc) is 3.15. The lowest BCUT2D eigenvalue weighted by Gasteiger charge is -2.07. The van der Waals surface area contributed by atoms with Gasteiger partial charge in [-0.05, 0) is 107 Å². The average molecular weight is 1630 g/mol. The van der Waals surface area contributed by atoms with Gasteiger partial charge < -0.3 is 4.18 Å². The zero-order chi connectivity index (χ0) is 38.4. The third-order valence-corrected chi connectivity index (χ3v) is 106. The topological polar surface area (TPSA) is 9.23 Å². The molecule has 50 heteroatoms. The first kappa shape index (κ1) is 69.8. The second-order valence-electron chi connectivity index (χ2n) is 4.30. The predicted octanol–water partition coefficient (Wildman–Crippen LogP) is 30.4. The fourth-order valence-electron chi connectivity index (χ4n) is 0.728. The fraction of sp³-hybridized carbons (Fsp3) is 1.00. The third kappa shape index (κ3) is 64.9. The summed E-state index contributed by atoms with van der Waals surface area (Å²) in [6.07, 6.45) is 0.948. The van der Waals surface area contributed by atoms with Crippen LogP contribution < -0.4 is 0 Å². The van der Waals surface area contributed by atoms with E-state index in [9.17, 15) is 0 Å². The summed E-state index contributed by atoms with van der Waals surface area (Å²) in [6, 6.07) is 0. The van der Waals surface area contributed by atoms with Crippen molar-refractivity contribution in [3.63, 3.8) is 0 Å². The predicted molar refractivity (Wildman–Crippen MR) is 389 cm³/mol. The maximum absolute atomic E-state index is 5.55. The number of rotatable bonds is 48. The Morgan fingerprint density at radius 3 is 0.660 bits per heavy atom. The van der Waals surface area contributed by atoms with E-state index in [1.165, 1.54) is 19.7 Å². The highest BCUT2D eigenvalue weighted by atomic mass is 34.1. The van der Waals surface area contributed by atoms with Crippen molar-refractivity contribution in [3.8, 4) is 0 Å². The van der Waals surface area contributed by atoms with Crippen LogP contribution in [0.25, 0.3) is 0 Å². The van der Waals surface area contributed by atoms with Gasteiger partial charge in [-0.1, -0.05) is 18.6 Å². The monoisotopic (exact) mass is 1630 g/mol. The van der Waals surface area contributed by atoms with Crippen molar-refractivity contribution in [3.05, 3.63) is 0 Å². The van der Waals surface area contributed by atoms with Crippen LogP contribution in [0.2, 0.25) is 0 Å². The van der Waals surface area contributed by atoms with Crippen LogP contribution >= 0.6 is 454 Å². The molecule has 0 fully saturated rings. The van der Waals surface area contributed by atoms with Gasteiger partial charge in [0.2, 0.25) is 0 Å². The van der Waals surface area contributed by atoms with Gasteiger partial charge in [0, 0.05) is 364 Å². The molecule has 1 nitrogen and oxygen atoms in total. The molecule has 0 aromatic rings. The Morgan fingerprint density at radius 1 is 0.321 bits per heavy atom. The van der Waals surface area contributed by atoms with Crippen LogP contribution in [0.15, 0.2) is 0 Å². The van der Waals surface area contributed by atoms with Gasteiger partial charge in [0.05, 0.1) is 13.1 Å². The minimum Gasteiger partial charge on any atom is -0.301 e. The maximum atomic E-state index is 5.55. The lowest BCUT2D eigenvalue weighted by molar-refractivity contribution is 0.374. The van der Waals surface area contributed by atoms with Crippen LogP contribution in [0, 0.1) is 0 Å². The van der Waals surface area contributed by atoms with E-state index in [4.69, 9.17) is 26.6 Å². The Labute approximate surface area is 493 Å². The van der Waals surface area contributed by atoms with Crippen LogP contribution in [-0.2, 0) is 33.0 Å². The van der Waals surface area contributed by atoms with Crippen molar-refractivity contribution in [2.75, 3.05) is 6.61 Å². The Hall–Kier alpha value is 16.8. The lowest BCUT2D eigenvalue weighted by Crippen LogP contribution is -1.96. The van der Waals surface area contributed by atoms with Crippen molar-refractivity contribution < 1.29 is 4.18 Å². The summed E-state index contributed by atoms with van der Waals surface area (Å²) in [5, 5.41) is 0. The van der Waals surface area contributed by atoms with E-state index in [2.05, 4.69) is 18.6 Å². The maximum Gasteiger partial charge on any atom is 0.0820 e. The minimum atomic E-state index is -1.82.